The standard InChI is InChI=1S/C13H18N2O2/c1-13(2)9-14-6-7-15(12(13)17)10-4-3-5-11(16)8-10/h3-5,8,14,16H,6-7,9H2,1-2H3. The molecule has 1 saturated heterocycles. The van der Waals surface area contributed by atoms with E-state index in [0.29, 0.717) is 13.1 Å². The molecule has 1 aliphatic rings. The van der Waals surface area contributed by atoms with Gasteiger partial charge in [-0.1, -0.05) is 6.07 Å². The number of phenolic OH excluding ortho intramolecular Hbond substituents is 1. The SMILES string of the molecule is CC1(C)CNCCN(c2cccc(O)c2)C1=O. The van der Waals surface area contributed by atoms with Gasteiger partial charge in [0.1, 0.15) is 5.75 Å². The maximum atomic E-state index is 12.4. The highest BCUT2D eigenvalue weighted by molar-refractivity contribution is 5.97. The Kier molecular flexibility index (Phi) is 3.07. The van der Waals surface area contributed by atoms with Crippen LogP contribution in [-0.2, 0) is 4.79 Å². The molecule has 0 saturated carbocycles. The summed E-state index contributed by atoms with van der Waals surface area (Å²) in [5, 5.41) is 12.7. The van der Waals surface area contributed by atoms with Gasteiger partial charge < -0.3 is 15.3 Å². The third kappa shape index (κ3) is 2.42. The van der Waals surface area contributed by atoms with Gasteiger partial charge in [0.05, 0.1) is 5.41 Å². The maximum Gasteiger partial charge on any atom is 0.233 e. The van der Waals surface area contributed by atoms with Crippen LogP contribution in [0, 0.1) is 5.41 Å². The predicted molar refractivity (Wildman–Crippen MR) is 67.1 cm³/mol. The van der Waals surface area contributed by atoms with Crippen molar-refractivity contribution in [2.24, 2.45) is 5.41 Å². The number of rotatable bonds is 1. The number of aromatic hydroxyl groups is 1. The number of amides is 1. The first kappa shape index (κ1) is 11.9. The van der Waals surface area contributed by atoms with E-state index in [1.165, 1.54) is 0 Å². The molecule has 4 heteroatoms. The second kappa shape index (κ2) is 4.37. The predicted octanol–water partition coefficient (Wildman–Crippen LogP) is 1.35. The lowest BCUT2D eigenvalue weighted by Gasteiger charge is -2.28. The third-order valence-corrected chi connectivity index (χ3v) is 3.04. The van der Waals surface area contributed by atoms with Crippen LogP contribution in [0.15, 0.2) is 24.3 Å². The van der Waals surface area contributed by atoms with E-state index >= 15 is 0 Å². The quantitative estimate of drug-likeness (QED) is 0.771. The lowest BCUT2D eigenvalue weighted by molar-refractivity contribution is -0.125. The summed E-state index contributed by atoms with van der Waals surface area (Å²) < 4.78 is 0. The number of phenols is 1. The maximum absolute atomic E-state index is 12.4. The largest absolute Gasteiger partial charge is 0.508 e. The van der Waals surface area contributed by atoms with Gasteiger partial charge in [-0.15, -0.1) is 0 Å². The first-order valence-corrected chi connectivity index (χ1v) is 5.82. The van der Waals surface area contributed by atoms with Gasteiger partial charge >= 0.3 is 0 Å². The molecule has 0 aromatic heterocycles. The van der Waals surface area contributed by atoms with Gasteiger partial charge in [-0.3, -0.25) is 4.79 Å². The Hall–Kier alpha value is -1.55. The number of carbonyl (C=O) groups excluding carboxylic acids is 1. The molecule has 1 amide bonds. The number of benzene rings is 1. The van der Waals surface area contributed by atoms with Crippen molar-refractivity contribution in [1.82, 2.24) is 5.32 Å². The lowest BCUT2D eigenvalue weighted by Crippen LogP contribution is -2.41. The van der Waals surface area contributed by atoms with E-state index in [1.54, 1.807) is 23.1 Å². The van der Waals surface area contributed by atoms with Gasteiger partial charge in [-0.2, -0.15) is 0 Å². The van der Waals surface area contributed by atoms with Gasteiger partial charge in [0.15, 0.2) is 0 Å². The molecule has 17 heavy (non-hydrogen) atoms. The second-order valence-corrected chi connectivity index (χ2v) is 5.04. The molecule has 2 N–H and O–H groups in total. The zero-order chi connectivity index (χ0) is 12.5. The Balaban J connectivity index is 2.33. The van der Waals surface area contributed by atoms with Crippen LogP contribution in [0.2, 0.25) is 0 Å². The third-order valence-electron chi connectivity index (χ3n) is 3.04. The van der Waals surface area contributed by atoms with Crippen molar-refractivity contribution < 1.29 is 9.90 Å². The van der Waals surface area contributed by atoms with Crippen LogP contribution in [0.5, 0.6) is 5.75 Å². The minimum absolute atomic E-state index is 0.0908. The summed E-state index contributed by atoms with van der Waals surface area (Å²) in [6.45, 7) is 5.95. The molecular formula is C13H18N2O2. The number of nitrogens with one attached hydrogen (secondary N) is 1. The highest BCUT2D eigenvalue weighted by atomic mass is 16.3. The van der Waals surface area contributed by atoms with Crippen molar-refractivity contribution in [1.29, 1.82) is 0 Å². The summed E-state index contributed by atoms with van der Waals surface area (Å²) in [6, 6.07) is 6.83. The molecule has 0 atom stereocenters. The molecule has 1 fully saturated rings. The van der Waals surface area contributed by atoms with Gasteiger partial charge in [0.2, 0.25) is 5.91 Å². The number of hydrogen-bond donors (Lipinski definition) is 2. The highest BCUT2D eigenvalue weighted by Gasteiger charge is 2.34. The van der Waals surface area contributed by atoms with E-state index in [0.717, 1.165) is 12.2 Å². The summed E-state index contributed by atoms with van der Waals surface area (Å²) in [4.78, 5) is 14.1. The van der Waals surface area contributed by atoms with E-state index in [9.17, 15) is 9.90 Å². The number of anilines is 1. The molecule has 0 radical (unpaired) electrons. The summed E-state index contributed by atoms with van der Waals surface area (Å²) >= 11 is 0. The molecule has 0 aliphatic carbocycles. The monoisotopic (exact) mass is 234 g/mol. The van der Waals surface area contributed by atoms with E-state index in [1.807, 2.05) is 19.9 Å². The Morgan fingerprint density at radius 2 is 2.18 bits per heavy atom. The van der Waals surface area contributed by atoms with Gasteiger partial charge in [0.25, 0.3) is 0 Å². The molecule has 1 aromatic rings. The zero-order valence-electron chi connectivity index (χ0n) is 10.2. The van der Waals surface area contributed by atoms with Crippen molar-refractivity contribution in [3.05, 3.63) is 24.3 Å². The number of nitrogens with zero attached hydrogens (tertiary/aromatic N) is 1. The molecule has 0 unspecified atom stereocenters. The average Bonchev–Trinajstić information content (AvgIpc) is 2.40. The van der Waals surface area contributed by atoms with Crippen molar-refractivity contribution >= 4 is 11.6 Å². The minimum Gasteiger partial charge on any atom is -0.508 e. The fraction of sp³-hybridized carbons (Fsp3) is 0.462. The van der Waals surface area contributed by atoms with Crippen LogP contribution in [0.3, 0.4) is 0 Å². The fourth-order valence-corrected chi connectivity index (χ4v) is 2.04. The van der Waals surface area contributed by atoms with Crippen molar-refractivity contribution in [2.75, 3.05) is 24.5 Å². The van der Waals surface area contributed by atoms with E-state index < -0.39 is 5.41 Å². The number of hydrogen-bond acceptors (Lipinski definition) is 3. The first-order valence-electron chi connectivity index (χ1n) is 5.82. The van der Waals surface area contributed by atoms with Crippen molar-refractivity contribution in [3.63, 3.8) is 0 Å². The minimum atomic E-state index is -0.415. The van der Waals surface area contributed by atoms with Gasteiger partial charge in [-0.25, -0.2) is 0 Å². The molecule has 92 valence electrons. The lowest BCUT2D eigenvalue weighted by atomic mass is 9.92. The first-order chi connectivity index (χ1) is 8.00. The Morgan fingerprint density at radius 3 is 2.88 bits per heavy atom. The van der Waals surface area contributed by atoms with Crippen LogP contribution in [0.25, 0.3) is 0 Å². The molecule has 0 bridgehead atoms. The topological polar surface area (TPSA) is 52.6 Å². The van der Waals surface area contributed by atoms with Crippen molar-refractivity contribution in [3.8, 4) is 5.75 Å². The highest BCUT2D eigenvalue weighted by Crippen LogP contribution is 2.26. The Morgan fingerprint density at radius 1 is 1.41 bits per heavy atom. The van der Waals surface area contributed by atoms with E-state index in [4.69, 9.17) is 0 Å². The fourth-order valence-electron chi connectivity index (χ4n) is 2.04. The summed E-state index contributed by atoms with van der Waals surface area (Å²) in [5.74, 6) is 0.276. The van der Waals surface area contributed by atoms with Crippen LogP contribution in [0.4, 0.5) is 5.69 Å². The van der Waals surface area contributed by atoms with Crippen LogP contribution < -0.4 is 10.2 Å². The van der Waals surface area contributed by atoms with E-state index in [2.05, 4.69) is 5.32 Å². The zero-order valence-corrected chi connectivity index (χ0v) is 10.2. The normalized spacial score (nSPS) is 20.1. The Bertz CT molecular complexity index is 429. The second-order valence-electron chi connectivity index (χ2n) is 5.04. The average molecular weight is 234 g/mol. The molecule has 1 heterocycles. The van der Waals surface area contributed by atoms with E-state index in [-0.39, 0.29) is 11.7 Å². The molecule has 1 aliphatic heterocycles. The summed E-state index contributed by atoms with van der Waals surface area (Å²) in [5.41, 5.74) is 0.342. The smallest absolute Gasteiger partial charge is 0.233 e. The Labute approximate surface area is 101 Å². The van der Waals surface area contributed by atoms with Crippen LogP contribution in [0.1, 0.15) is 13.8 Å². The molecule has 0 spiro atoms. The molecule has 1 aromatic carbocycles. The molecule has 2 rings (SSSR count). The molecular weight excluding hydrogens is 216 g/mol. The van der Waals surface area contributed by atoms with Crippen LogP contribution >= 0.6 is 0 Å². The van der Waals surface area contributed by atoms with Gasteiger partial charge in [0, 0.05) is 31.4 Å². The number of carbonyl (C=O) groups is 1. The summed E-state index contributed by atoms with van der Waals surface area (Å²) in [6.07, 6.45) is 0. The van der Waals surface area contributed by atoms with Crippen molar-refractivity contribution in [2.45, 2.75) is 13.8 Å². The molecule has 4 nitrogen and oxygen atoms in total. The van der Waals surface area contributed by atoms with Gasteiger partial charge in [-0.05, 0) is 26.0 Å². The van der Waals surface area contributed by atoms with Crippen LogP contribution in [-0.4, -0.2) is 30.6 Å². The summed E-state index contributed by atoms with van der Waals surface area (Å²) in [7, 11) is 0.